The van der Waals surface area contributed by atoms with E-state index >= 15 is 0 Å². The van der Waals surface area contributed by atoms with E-state index in [-0.39, 0.29) is 5.91 Å². The molecule has 0 bridgehead atoms. The summed E-state index contributed by atoms with van der Waals surface area (Å²) < 4.78 is 1.86. The van der Waals surface area contributed by atoms with Gasteiger partial charge in [-0.1, -0.05) is 30.3 Å². The zero-order chi connectivity index (χ0) is 21.9. The monoisotopic (exact) mass is 424 g/mol. The normalized spacial score (nSPS) is 11.0. The first-order chi connectivity index (χ1) is 15.6. The Labute approximate surface area is 183 Å². The summed E-state index contributed by atoms with van der Waals surface area (Å²) in [6, 6.07) is 18.7. The molecule has 4 N–H and O–H groups in total. The number of aromatic amines is 1. The van der Waals surface area contributed by atoms with E-state index in [4.69, 9.17) is 5.73 Å². The van der Waals surface area contributed by atoms with Crippen LogP contribution in [0.3, 0.4) is 0 Å². The van der Waals surface area contributed by atoms with Gasteiger partial charge in [-0.15, -0.1) is 5.10 Å². The molecule has 32 heavy (non-hydrogen) atoms. The summed E-state index contributed by atoms with van der Waals surface area (Å²) in [6.07, 6.45) is 4.43. The van der Waals surface area contributed by atoms with Gasteiger partial charge in [0.1, 0.15) is 11.3 Å². The summed E-state index contributed by atoms with van der Waals surface area (Å²) in [5, 5.41) is 18.1. The van der Waals surface area contributed by atoms with Crippen LogP contribution in [0.1, 0.15) is 27.0 Å². The minimum Gasteiger partial charge on any atom is -0.384 e. The van der Waals surface area contributed by atoms with Crippen molar-refractivity contribution in [3.05, 3.63) is 95.3 Å². The van der Waals surface area contributed by atoms with Crippen molar-refractivity contribution in [2.45, 2.75) is 13.0 Å². The summed E-state index contributed by atoms with van der Waals surface area (Å²) in [7, 11) is 0. The Kier molecular flexibility index (Phi) is 5.04. The number of amides is 1. The van der Waals surface area contributed by atoms with Crippen LogP contribution in [-0.4, -0.2) is 36.1 Å². The van der Waals surface area contributed by atoms with E-state index < -0.39 is 0 Å². The Hall–Kier alpha value is -4.53. The number of anilines is 2. The smallest absolute Gasteiger partial charge is 0.255 e. The molecule has 3 aromatic heterocycles. The minimum absolute atomic E-state index is 0.139. The molecule has 2 aromatic carbocycles. The van der Waals surface area contributed by atoms with Crippen LogP contribution in [0.5, 0.6) is 0 Å². The quantitative estimate of drug-likeness (QED) is 0.384. The van der Waals surface area contributed by atoms with E-state index in [1.165, 1.54) is 0 Å². The van der Waals surface area contributed by atoms with Crippen LogP contribution in [0, 0.1) is 0 Å². The number of nitrogen functional groups attached to an aromatic ring is 1. The molecule has 5 aromatic rings. The zero-order valence-corrected chi connectivity index (χ0v) is 17.1. The molecule has 5 rings (SSSR count). The molecule has 0 saturated carbocycles. The van der Waals surface area contributed by atoms with Crippen molar-refractivity contribution in [1.29, 1.82) is 0 Å². The average Bonchev–Trinajstić information content (AvgIpc) is 3.44. The van der Waals surface area contributed by atoms with Gasteiger partial charge in [0, 0.05) is 23.9 Å². The van der Waals surface area contributed by atoms with Gasteiger partial charge in [-0.3, -0.25) is 9.48 Å². The summed E-state index contributed by atoms with van der Waals surface area (Å²) in [4.78, 5) is 16.6. The maximum absolute atomic E-state index is 12.4. The third-order valence-electron chi connectivity index (χ3n) is 5.06. The van der Waals surface area contributed by atoms with E-state index in [1.54, 1.807) is 6.07 Å². The number of H-pyrrole nitrogens is 1. The Morgan fingerprint density at radius 3 is 2.66 bits per heavy atom. The van der Waals surface area contributed by atoms with Gasteiger partial charge in [-0.2, -0.15) is 15.4 Å². The molecule has 9 heteroatoms. The van der Waals surface area contributed by atoms with E-state index in [2.05, 4.69) is 30.8 Å². The van der Waals surface area contributed by atoms with Gasteiger partial charge in [-0.05, 0) is 47.0 Å². The summed E-state index contributed by atoms with van der Waals surface area (Å²) >= 11 is 0. The second kappa shape index (κ2) is 8.31. The predicted octanol–water partition coefficient (Wildman–Crippen LogP) is 3.02. The second-order valence-electron chi connectivity index (χ2n) is 7.44. The highest BCUT2D eigenvalue weighted by atomic mass is 16.1. The Balaban J connectivity index is 1.25. The third kappa shape index (κ3) is 4.17. The van der Waals surface area contributed by atoms with E-state index in [1.807, 2.05) is 71.7 Å². The highest BCUT2D eigenvalue weighted by molar-refractivity contribution is 6.04. The molecule has 0 spiro atoms. The molecule has 0 unspecified atom stereocenters. The number of fused-ring (bicyclic) bond motifs is 1. The number of hydrogen-bond donors (Lipinski definition) is 3. The van der Waals surface area contributed by atoms with E-state index in [0.717, 1.165) is 22.4 Å². The maximum Gasteiger partial charge on any atom is 0.255 e. The van der Waals surface area contributed by atoms with Crippen molar-refractivity contribution in [3.63, 3.8) is 0 Å². The molecular formula is C23H20N8O. The van der Waals surface area contributed by atoms with Gasteiger partial charge in [-0.25, -0.2) is 4.98 Å². The molecule has 9 nitrogen and oxygen atoms in total. The first-order valence-corrected chi connectivity index (χ1v) is 10.1. The van der Waals surface area contributed by atoms with Gasteiger partial charge in [0.25, 0.3) is 5.91 Å². The number of benzene rings is 2. The fraction of sp³-hybridized carbons (Fsp3) is 0.0870. The van der Waals surface area contributed by atoms with Crippen molar-refractivity contribution < 1.29 is 4.79 Å². The molecule has 0 aliphatic heterocycles. The van der Waals surface area contributed by atoms with Crippen molar-refractivity contribution >= 4 is 28.6 Å². The van der Waals surface area contributed by atoms with E-state index in [0.29, 0.717) is 35.5 Å². The van der Waals surface area contributed by atoms with Crippen molar-refractivity contribution in [2.24, 2.45) is 0 Å². The lowest BCUT2D eigenvalue weighted by Gasteiger charge is -2.06. The lowest BCUT2D eigenvalue weighted by atomic mass is 10.1. The molecule has 158 valence electrons. The number of para-hydroxylation sites is 1. The first-order valence-electron chi connectivity index (χ1n) is 10.1. The number of pyridine rings is 1. The average molecular weight is 424 g/mol. The van der Waals surface area contributed by atoms with Crippen molar-refractivity contribution in [3.8, 4) is 0 Å². The van der Waals surface area contributed by atoms with Gasteiger partial charge >= 0.3 is 0 Å². The number of aromatic nitrogens is 6. The molecular weight excluding hydrogens is 404 g/mol. The number of nitrogens with two attached hydrogens (primary N) is 1. The Morgan fingerprint density at radius 2 is 1.84 bits per heavy atom. The molecule has 0 saturated heterocycles. The number of hydrogen-bond acceptors (Lipinski definition) is 6. The standard InChI is InChI=1S/C23H20N8O/c24-20-11-18(21-22(27-20)29-30-28-21)10-16-12-25-31(14-16)13-15-6-8-17(9-7-15)23(32)26-19-4-2-1-3-5-19/h1-9,11-12,14H,10,13H2,(H,26,32)(H3,24,27,28,29,30). The lowest BCUT2D eigenvalue weighted by Crippen LogP contribution is -2.11. The van der Waals surface area contributed by atoms with Crippen LogP contribution in [-0.2, 0) is 13.0 Å². The fourth-order valence-electron chi connectivity index (χ4n) is 3.53. The van der Waals surface area contributed by atoms with Crippen LogP contribution in [0.25, 0.3) is 11.2 Å². The number of carbonyl (C=O) groups excluding carboxylic acids is 1. The Morgan fingerprint density at radius 1 is 1.03 bits per heavy atom. The number of carbonyl (C=O) groups is 1. The van der Waals surface area contributed by atoms with Crippen LogP contribution in [0.15, 0.2) is 73.1 Å². The number of nitrogens with zero attached hydrogens (tertiary/aromatic N) is 5. The molecule has 0 atom stereocenters. The summed E-state index contributed by atoms with van der Waals surface area (Å²) in [5.74, 6) is 0.269. The van der Waals surface area contributed by atoms with Gasteiger partial charge in [0.05, 0.1) is 12.7 Å². The maximum atomic E-state index is 12.4. The Bertz CT molecular complexity index is 1370. The third-order valence-corrected chi connectivity index (χ3v) is 5.06. The SMILES string of the molecule is Nc1cc(Cc2cnn(Cc3ccc(C(=O)Nc4ccccc4)cc3)c2)c2n[nH]nc2n1. The second-order valence-corrected chi connectivity index (χ2v) is 7.44. The molecule has 0 aliphatic carbocycles. The van der Waals surface area contributed by atoms with Gasteiger partial charge in [0.2, 0.25) is 5.65 Å². The highest BCUT2D eigenvalue weighted by Crippen LogP contribution is 2.19. The molecule has 0 fully saturated rings. The summed E-state index contributed by atoms with van der Waals surface area (Å²) in [5.41, 5.74) is 11.5. The van der Waals surface area contributed by atoms with Crippen LogP contribution in [0.2, 0.25) is 0 Å². The van der Waals surface area contributed by atoms with Crippen LogP contribution >= 0.6 is 0 Å². The minimum atomic E-state index is -0.139. The molecule has 0 aliphatic rings. The van der Waals surface area contributed by atoms with Crippen molar-refractivity contribution in [2.75, 3.05) is 11.1 Å². The highest BCUT2D eigenvalue weighted by Gasteiger charge is 2.11. The van der Waals surface area contributed by atoms with E-state index in [9.17, 15) is 4.79 Å². The summed E-state index contributed by atoms with van der Waals surface area (Å²) in [6.45, 7) is 0.596. The largest absolute Gasteiger partial charge is 0.384 e. The van der Waals surface area contributed by atoms with Crippen LogP contribution < -0.4 is 11.1 Å². The topological polar surface area (TPSA) is 127 Å². The zero-order valence-electron chi connectivity index (χ0n) is 17.1. The number of rotatable bonds is 6. The fourth-order valence-corrected chi connectivity index (χ4v) is 3.53. The van der Waals surface area contributed by atoms with Crippen LogP contribution in [0.4, 0.5) is 11.5 Å². The first kappa shape index (κ1) is 19.4. The number of nitrogens with one attached hydrogen (secondary N) is 2. The lowest BCUT2D eigenvalue weighted by molar-refractivity contribution is 0.102. The molecule has 0 radical (unpaired) electrons. The van der Waals surface area contributed by atoms with Gasteiger partial charge in [0.15, 0.2) is 0 Å². The molecule has 1 amide bonds. The predicted molar refractivity (Wildman–Crippen MR) is 121 cm³/mol. The van der Waals surface area contributed by atoms with Crippen molar-refractivity contribution in [1.82, 2.24) is 30.2 Å². The van der Waals surface area contributed by atoms with Gasteiger partial charge < -0.3 is 11.1 Å². The molecule has 3 heterocycles.